The average Bonchev–Trinajstić information content (AvgIpc) is 2.93. The van der Waals surface area contributed by atoms with E-state index in [1.165, 1.54) is 11.8 Å². The number of rotatable bonds is 5. The maximum Gasteiger partial charge on any atom is 0.300 e. The van der Waals surface area contributed by atoms with Crippen LogP contribution in [0.25, 0.3) is 0 Å². The van der Waals surface area contributed by atoms with Gasteiger partial charge in [0.2, 0.25) is 0 Å². The molecule has 0 aliphatic rings. The van der Waals surface area contributed by atoms with Gasteiger partial charge in [-0.2, -0.15) is 0 Å². The smallest absolute Gasteiger partial charge is 0.300 e. The lowest BCUT2D eigenvalue weighted by Gasteiger charge is -2.07. The van der Waals surface area contributed by atoms with Gasteiger partial charge in [0.1, 0.15) is 11.5 Å². The molecule has 5 N–H and O–H groups in total. The number of nitrogen functional groups attached to an aromatic ring is 2. The molecular formula is C13H15N3O3S. The summed E-state index contributed by atoms with van der Waals surface area (Å²) in [6.45, 7) is 0. The first-order chi connectivity index (χ1) is 9.63. The molecule has 0 aliphatic carbocycles. The summed E-state index contributed by atoms with van der Waals surface area (Å²) < 4.78 is 10.6. The number of anilines is 1. The molecule has 0 aliphatic heterocycles. The van der Waals surface area contributed by atoms with E-state index in [1.807, 2.05) is 11.5 Å². The van der Waals surface area contributed by atoms with Gasteiger partial charge in [-0.25, -0.2) is 5.84 Å². The third kappa shape index (κ3) is 3.25. The van der Waals surface area contributed by atoms with E-state index in [9.17, 15) is 4.79 Å². The Morgan fingerprint density at radius 2 is 2.20 bits per heavy atom. The van der Waals surface area contributed by atoms with Crippen LogP contribution >= 0.6 is 11.8 Å². The first-order valence-corrected chi connectivity index (χ1v) is 6.78. The number of carbonyl (C=O) groups is 1. The monoisotopic (exact) mass is 293 g/mol. The third-order valence-electron chi connectivity index (χ3n) is 2.57. The number of methoxy groups -OCH3 is 1. The highest BCUT2D eigenvalue weighted by atomic mass is 32.2. The van der Waals surface area contributed by atoms with Crippen LogP contribution in [0, 0.1) is 0 Å². The van der Waals surface area contributed by atoms with Gasteiger partial charge in [-0.1, -0.05) is 0 Å². The fraction of sp³-hybridized carbons (Fsp3) is 0.154. The molecule has 0 saturated carbocycles. The van der Waals surface area contributed by atoms with E-state index >= 15 is 0 Å². The molecule has 0 spiro atoms. The molecule has 1 aromatic heterocycles. The summed E-state index contributed by atoms with van der Waals surface area (Å²) in [5.41, 5.74) is 8.36. The van der Waals surface area contributed by atoms with Crippen molar-refractivity contribution < 1.29 is 13.9 Å². The van der Waals surface area contributed by atoms with Gasteiger partial charge in [-0.15, -0.1) is 11.8 Å². The predicted molar refractivity (Wildman–Crippen MR) is 77.3 cm³/mol. The zero-order chi connectivity index (χ0) is 14.5. The minimum absolute atomic E-state index is 0.187. The summed E-state index contributed by atoms with van der Waals surface area (Å²) in [6.07, 6.45) is 0. The van der Waals surface area contributed by atoms with Crippen LogP contribution in [0.5, 0.6) is 5.75 Å². The number of hydrogen-bond acceptors (Lipinski definition) is 6. The van der Waals surface area contributed by atoms with Crippen LogP contribution in [0.2, 0.25) is 0 Å². The molecule has 0 atom stereocenters. The van der Waals surface area contributed by atoms with Gasteiger partial charge >= 0.3 is 5.91 Å². The van der Waals surface area contributed by atoms with Gasteiger partial charge in [0, 0.05) is 16.6 Å². The summed E-state index contributed by atoms with van der Waals surface area (Å²) >= 11 is 1.53. The first-order valence-electron chi connectivity index (χ1n) is 5.80. The quantitative estimate of drug-likeness (QED) is 0.255. The lowest BCUT2D eigenvalue weighted by atomic mass is 10.3. The molecule has 20 heavy (non-hydrogen) atoms. The number of carbonyl (C=O) groups excluding carboxylic acids is 1. The molecule has 2 aromatic rings. The largest absolute Gasteiger partial charge is 0.496 e. The summed E-state index contributed by atoms with van der Waals surface area (Å²) in [6, 6.07) is 8.77. The molecule has 0 fully saturated rings. The number of thioether (sulfide) groups is 1. The highest BCUT2D eigenvalue weighted by Gasteiger charge is 2.11. The van der Waals surface area contributed by atoms with Crippen molar-refractivity contribution in [1.82, 2.24) is 5.43 Å². The SMILES string of the molecule is COc1cc(N)ccc1SCc1ccc(C(=O)NN)o1. The fourth-order valence-electron chi connectivity index (χ4n) is 1.60. The van der Waals surface area contributed by atoms with E-state index in [0.29, 0.717) is 22.9 Å². The van der Waals surface area contributed by atoms with E-state index in [0.717, 1.165) is 4.90 Å². The number of amides is 1. The first kappa shape index (κ1) is 14.3. The number of hydrogen-bond donors (Lipinski definition) is 3. The van der Waals surface area contributed by atoms with Crippen molar-refractivity contribution in [2.24, 2.45) is 5.84 Å². The van der Waals surface area contributed by atoms with Crippen LogP contribution in [-0.4, -0.2) is 13.0 Å². The number of benzene rings is 1. The maximum atomic E-state index is 11.3. The number of furan rings is 1. The van der Waals surface area contributed by atoms with Crippen molar-refractivity contribution in [2.75, 3.05) is 12.8 Å². The van der Waals surface area contributed by atoms with Gasteiger partial charge in [-0.05, 0) is 24.3 Å². The maximum absolute atomic E-state index is 11.3. The van der Waals surface area contributed by atoms with Crippen LogP contribution in [0.15, 0.2) is 39.6 Å². The average molecular weight is 293 g/mol. The summed E-state index contributed by atoms with van der Waals surface area (Å²) in [7, 11) is 1.59. The van der Waals surface area contributed by atoms with Gasteiger partial charge < -0.3 is 14.9 Å². The Hall–Kier alpha value is -2.12. The van der Waals surface area contributed by atoms with Crippen LogP contribution in [0.4, 0.5) is 5.69 Å². The molecule has 1 aromatic carbocycles. The van der Waals surface area contributed by atoms with E-state index in [2.05, 4.69) is 0 Å². The van der Waals surface area contributed by atoms with Gasteiger partial charge in [0.25, 0.3) is 0 Å². The molecule has 0 saturated heterocycles. The lowest BCUT2D eigenvalue weighted by Crippen LogP contribution is -2.29. The second-order valence-corrected chi connectivity index (χ2v) is 4.96. The van der Waals surface area contributed by atoms with E-state index in [-0.39, 0.29) is 5.76 Å². The third-order valence-corrected chi connectivity index (χ3v) is 3.65. The molecule has 7 heteroatoms. The van der Waals surface area contributed by atoms with Crippen LogP contribution in [0.1, 0.15) is 16.3 Å². The van der Waals surface area contributed by atoms with Crippen LogP contribution < -0.4 is 21.7 Å². The zero-order valence-corrected chi connectivity index (χ0v) is 11.7. The molecule has 0 bridgehead atoms. The highest BCUT2D eigenvalue weighted by molar-refractivity contribution is 7.98. The molecule has 0 radical (unpaired) electrons. The van der Waals surface area contributed by atoms with Crippen LogP contribution in [-0.2, 0) is 5.75 Å². The second kappa shape index (κ2) is 6.36. The van der Waals surface area contributed by atoms with Crippen molar-refractivity contribution in [3.63, 3.8) is 0 Å². The van der Waals surface area contributed by atoms with Crippen molar-refractivity contribution in [3.05, 3.63) is 41.9 Å². The number of nitrogens with one attached hydrogen (secondary N) is 1. The molecule has 0 unspecified atom stereocenters. The summed E-state index contributed by atoms with van der Waals surface area (Å²) in [5, 5.41) is 0. The second-order valence-electron chi connectivity index (χ2n) is 3.94. The Balaban J connectivity index is 2.05. The summed E-state index contributed by atoms with van der Waals surface area (Å²) in [5.74, 6) is 6.72. The predicted octanol–water partition coefficient (Wildman–Crippen LogP) is 1.77. The van der Waals surface area contributed by atoms with E-state index in [4.69, 9.17) is 20.7 Å². The Kier molecular flexibility index (Phi) is 4.54. The lowest BCUT2D eigenvalue weighted by molar-refractivity contribution is 0.0924. The van der Waals surface area contributed by atoms with E-state index in [1.54, 1.807) is 31.4 Å². The Bertz CT molecular complexity index is 613. The van der Waals surface area contributed by atoms with Gasteiger partial charge in [-0.3, -0.25) is 10.2 Å². The van der Waals surface area contributed by atoms with Crippen molar-refractivity contribution in [3.8, 4) is 5.75 Å². The fourth-order valence-corrected chi connectivity index (χ4v) is 2.50. The zero-order valence-electron chi connectivity index (χ0n) is 10.9. The minimum Gasteiger partial charge on any atom is -0.496 e. The van der Waals surface area contributed by atoms with Gasteiger partial charge in [0.15, 0.2) is 5.76 Å². The Labute approximate surface area is 120 Å². The molecule has 106 valence electrons. The molecule has 2 rings (SSSR count). The van der Waals surface area contributed by atoms with Crippen LogP contribution in [0.3, 0.4) is 0 Å². The van der Waals surface area contributed by atoms with Crippen molar-refractivity contribution >= 4 is 23.4 Å². The molecule has 1 heterocycles. The highest BCUT2D eigenvalue weighted by Crippen LogP contribution is 2.33. The van der Waals surface area contributed by atoms with Gasteiger partial charge in [0.05, 0.1) is 12.9 Å². The standard InChI is InChI=1S/C13H15N3O3S/c1-18-11-6-8(14)2-5-12(11)20-7-9-3-4-10(19-9)13(17)16-15/h2-6H,7,14-15H2,1H3,(H,16,17). The van der Waals surface area contributed by atoms with Crippen molar-refractivity contribution in [1.29, 1.82) is 0 Å². The Morgan fingerprint density at radius 1 is 1.40 bits per heavy atom. The van der Waals surface area contributed by atoms with E-state index < -0.39 is 5.91 Å². The number of ether oxygens (including phenoxy) is 1. The topological polar surface area (TPSA) is 104 Å². The number of hydrazine groups is 1. The normalized spacial score (nSPS) is 10.3. The number of nitrogens with two attached hydrogens (primary N) is 2. The Morgan fingerprint density at radius 3 is 2.90 bits per heavy atom. The summed E-state index contributed by atoms with van der Waals surface area (Å²) in [4.78, 5) is 12.2. The minimum atomic E-state index is -0.452. The molecule has 1 amide bonds. The molecular weight excluding hydrogens is 278 g/mol. The van der Waals surface area contributed by atoms with Crippen molar-refractivity contribution in [2.45, 2.75) is 10.6 Å². The molecule has 6 nitrogen and oxygen atoms in total.